The second-order valence-corrected chi connectivity index (χ2v) is 8.18. The van der Waals surface area contributed by atoms with E-state index >= 15 is 0 Å². The number of halogens is 1. The molecule has 1 aliphatic heterocycles. The molecule has 2 aromatic rings. The summed E-state index contributed by atoms with van der Waals surface area (Å²) in [6.07, 6.45) is 1.80. The molecule has 1 aliphatic rings. The van der Waals surface area contributed by atoms with Gasteiger partial charge in [0.25, 0.3) is 5.91 Å². The van der Waals surface area contributed by atoms with Gasteiger partial charge in [0.1, 0.15) is 6.54 Å². The molecule has 144 valence electrons. The number of amides is 2. The van der Waals surface area contributed by atoms with Crippen molar-refractivity contribution in [3.63, 3.8) is 0 Å². The molecule has 27 heavy (non-hydrogen) atoms. The average molecular weight is 408 g/mol. The van der Waals surface area contributed by atoms with Gasteiger partial charge < -0.3 is 15.0 Å². The minimum atomic E-state index is -0.280. The second kappa shape index (κ2) is 8.82. The third kappa shape index (κ3) is 5.28. The average Bonchev–Trinajstić information content (AvgIpc) is 3.23. The Kier molecular flexibility index (Phi) is 6.46. The van der Waals surface area contributed by atoms with E-state index in [1.807, 2.05) is 13.8 Å². The Balaban J connectivity index is 1.72. The standard InChI is InChI=1S/C19H22ClN3O3S/c1-12-13(2)27-19(21-12)22-17(24)11-23(10-16-7-4-8-26-16)18(25)14-5-3-6-15(20)9-14/h3,5-6,9,16H,4,7-8,10-11H2,1-2H3,(H,21,22,24). The largest absolute Gasteiger partial charge is 0.376 e. The summed E-state index contributed by atoms with van der Waals surface area (Å²) in [5.41, 5.74) is 1.34. The molecule has 2 heterocycles. The van der Waals surface area contributed by atoms with Gasteiger partial charge in [-0.2, -0.15) is 0 Å². The number of rotatable bonds is 6. The van der Waals surface area contributed by atoms with Crippen molar-refractivity contribution in [1.29, 1.82) is 0 Å². The summed E-state index contributed by atoms with van der Waals surface area (Å²) < 4.78 is 5.65. The van der Waals surface area contributed by atoms with Crippen molar-refractivity contribution >= 4 is 39.9 Å². The van der Waals surface area contributed by atoms with Crippen LogP contribution in [-0.2, 0) is 9.53 Å². The number of hydrogen-bond donors (Lipinski definition) is 1. The summed E-state index contributed by atoms with van der Waals surface area (Å²) >= 11 is 7.43. The smallest absolute Gasteiger partial charge is 0.254 e. The Hall–Kier alpha value is -1.96. The molecule has 8 heteroatoms. The van der Waals surface area contributed by atoms with Crippen LogP contribution in [0.2, 0.25) is 5.02 Å². The Bertz CT molecular complexity index is 814. The molecule has 0 saturated carbocycles. The van der Waals surface area contributed by atoms with Crippen molar-refractivity contribution in [2.24, 2.45) is 0 Å². The summed E-state index contributed by atoms with van der Waals surface area (Å²) in [6.45, 7) is 4.84. The van der Waals surface area contributed by atoms with E-state index in [0.29, 0.717) is 28.9 Å². The first-order valence-corrected chi connectivity index (χ1v) is 10.0. The molecule has 0 bridgehead atoms. The number of carbonyl (C=O) groups is 2. The fourth-order valence-corrected chi connectivity index (χ4v) is 3.94. The Morgan fingerprint density at radius 3 is 2.85 bits per heavy atom. The van der Waals surface area contributed by atoms with Gasteiger partial charge in [-0.05, 0) is 44.9 Å². The van der Waals surface area contributed by atoms with Crippen LogP contribution in [0.3, 0.4) is 0 Å². The molecule has 1 N–H and O–H groups in total. The van der Waals surface area contributed by atoms with Gasteiger partial charge in [0.05, 0.1) is 11.8 Å². The van der Waals surface area contributed by atoms with Crippen molar-refractivity contribution < 1.29 is 14.3 Å². The SMILES string of the molecule is Cc1nc(NC(=O)CN(CC2CCCO2)C(=O)c2cccc(Cl)c2)sc1C. The first-order valence-electron chi connectivity index (χ1n) is 8.82. The van der Waals surface area contributed by atoms with Crippen LogP contribution >= 0.6 is 22.9 Å². The highest BCUT2D eigenvalue weighted by Gasteiger charge is 2.25. The zero-order chi connectivity index (χ0) is 19.4. The van der Waals surface area contributed by atoms with E-state index in [0.717, 1.165) is 23.4 Å². The van der Waals surface area contributed by atoms with Crippen LogP contribution in [0, 0.1) is 13.8 Å². The van der Waals surface area contributed by atoms with Gasteiger partial charge in [0.15, 0.2) is 5.13 Å². The van der Waals surface area contributed by atoms with E-state index in [1.54, 1.807) is 24.3 Å². The topological polar surface area (TPSA) is 71.5 Å². The van der Waals surface area contributed by atoms with Crippen LogP contribution in [0.5, 0.6) is 0 Å². The van der Waals surface area contributed by atoms with Gasteiger partial charge in [-0.15, -0.1) is 11.3 Å². The van der Waals surface area contributed by atoms with E-state index in [9.17, 15) is 9.59 Å². The first kappa shape index (κ1) is 19.8. The quantitative estimate of drug-likeness (QED) is 0.792. The number of nitrogens with zero attached hydrogens (tertiary/aromatic N) is 2. The van der Waals surface area contributed by atoms with Gasteiger partial charge in [0, 0.05) is 28.6 Å². The van der Waals surface area contributed by atoms with Crippen molar-refractivity contribution in [2.75, 3.05) is 25.0 Å². The monoisotopic (exact) mass is 407 g/mol. The zero-order valence-corrected chi connectivity index (χ0v) is 16.9. The first-order chi connectivity index (χ1) is 12.9. The van der Waals surface area contributed by atoms with Crippen LogP contribution in [0.25, 0.3) is 0 Å². The normalized spacial score (nSPS) is 16.3. The van der Waals surface area contributed by atoms with Crippen molar-refractivity contribution in [3.8, 4) is 0 Å². The fourth-order valence-electron chi connectivity index (χ4n) is 2.92. The summed E-state index contributed by atoms with van der Waals surface area (Å²) in [5, 5.41) is 3.81. The number of hydrogen-bond acceptors (Lipinski definition) is 5. The van der Waals surface area contributed by atoms with Crippen molar-refractivity contribution in [2.45, 2.75) is 32.8 Å². The van der Waals surface area contributed by atoms with Crippen LogP contribution < -0.4 is 5.32 Å². The number of aromatic nitrogens is 1. The second-order valence-electron chi connectivity index (χ2n) is 6.54. The van der Waals surface area contributed by atoms with Crippen molar-refractivity contribution in [1.82, 2.24) is 9.88 Å². The van der Waals surface area contributed by atoms with Crippen LogP contribution in [0.15, 0.2) is 24.3 Å². The van der Waals surface area contributed by atoms with Crippen LogP contribution in [0.4, 0.5) is 5.13 Å². The zero-order valence-electron chi connectivity index (χ0n) is 15.3. The van der Waals surface area contributed by atoms with E-state index in [2.05, 4.69) is 10.3 Å². The molecule has 1 unspecified atom stereocenters. The van der Waals surface area contributed by atoms with E-state index in [1.165, 1.54) is 16.2 Å². The summed E-state index contributed by atoms with van der Waals surface area (Å²) in [6, 6.07) is 6.74. The molecule has 0 spiro atoms. The third-order valence-electron chi connectivity index (χ3n) is 4.42. The van der Waals surface area contributed by atoms with Crippen molar-refractivity contribution in [3.05, 3.63) is 45.4 Å². The molecule has 1 atom stereocenters. The molecule has 1 aromatic heterocycles. The number of carbonyl (C=O) groups excluding carboxylic acids is 2. The maximum Gasteiger partial charge on any atom is 0.254 e. The molecular weight excluding hydrogens is 386 g/mol. The van der Waals surface area contributed by atoms with Gasteiger partial charge in [-0.3, -0.25) is 9.59 Å². The summed E-state index contributed by atoms with van der Waals surface area (Å²) in [4.78, 5) is 32.4. The maximum absolute atomic E-state index is 12.9. The van der Waals surface area contributed by atoms with Gasteiger partial charge in [-0.1, -0.05) is 17.7 Å². The number of anilines is 1. The predicted molar refractivity (Wildman–Crippen MR) is 107 cm³/mol. The molecule has 0 radical (unpaired) electrons. The molecule has 1 aromatic carbocycles. The molecule has 3 rings (SSSR count). The minimum Gasteiger partial charge on any atom is -0.376 e. The highest BCUT2D eigenvalue weighted by atomic mass is 35.5. The maximum atomic E-state index is 12.9. The Labute approximate surface area is 167 Å². The Morgan fingerprint density at radius 2 is 2.22 bits per heavy atom. The summed E-state index contributed by atoms with van der Waals surface area (Å²) in [5.74, 6) is -0.522. The molecule has 0 aliphatic carbocycles. The highest BCUT2D eigenvalue weighted by molar-refractivity contribution is 7.15. The highest BCUT2D eigenvalue weighted by Crippen LogP contribution is 2.21. The lowest BCUT2D eigenvalue weighted by Gasteiger charge is -2.25. The van der Waals surface area contributed by atoms with Gasteiger partial charge in [0.2, 0.25) is 5.91 Å². The van der Waals surface area contributed by atoms with E-state index in [4.69, 9.17) is 16.3 Å². The van der Waals surface area contributed by atoms with E-state index in [-0.39, 0.29) is 24.5 Å². The van der Waals surface area contributed by atoms with Crippen LogP contribution in [0.1, 0.15) is 33.8 Å². The lowest BCUT2D eigenvalue weighted by atomic mass is 10.1. The molecule has 6 nitrogen and oxygen atoms in total. The number of aryl methyl sites for hydroxylation is 2. The summed E-state index contributed by atoms with van der Waals surface area (Å²) in [7, 11) is 0. The van der Waals surface area contributed by atoms with Gasteiger partial charge >= 0.3 is 0 Å². The molecule has 2 amide bonds. The Morgan fingerprint density at radius 1 is 1.41 bits per heavy atom. The third-order valence-corrected chi connectivity index (χ3v) is 5.64. The molecule has 1 fully saturated rings. The number of nitrogens with one attached hydrogen (secondary N) is 1. The van der Waals surface area contributed by atoms with Crippen LogP contribution in [-0.4, -0.2) is 47.5 Å². The lowest BCUT2D eigenvalue weighted by Crippen LogP contribution is -2.42. The minimum absolute atomic E-state index is 0.0507. The number of ether oxygens (including phenoxy) is 1. The lowest BCUT2D eigenvalue weighted by molar-refractivity contribution is -0.117. The molecular formula is C19H22ClN3O3S. The van der Waals surface area contributed by atoms with E-state index < -0.39 is 0 Å². The van der Waals surface area contributed by atoms with Gasteiger partial charge in [-0.25, -0.2) is 4.98 Å². The predicted octanol–water partition coefficient (Wildman–Crippen LogP) is 3.67. The number of benzene rings is 1. The molecule has 1 saturated heterocycles. The number of thiazole rings is 1. The fraction of sp³-hybridized carbons (Fsp3) is 0.421.